The summed E-state index contributed by atoms with van der Waals surface area (Å²) in [6, 6.07) is 4.42. The van der Waals surface area contributed by atoms with Gasteiger partial charge in [0.25, 0.3) is 0 Å². The number of hydrogen-bond acceptors (Lipinski definition) is 7. The number of nitrogen functional groups attached to an aromatic ring is 1. The monoisotopic (exact) mass is 316 g/mol. The van der Waals surface area contributed by atoms with Crippen molar-refractivity contribution in [1.82, 2.24) is 4.57 Å². The lowest BCUT2D eigenvalue weighted by Gasteiger charge is -2.11. The molecule has 0 aliphatic rings. The van der Waals surface area contributed by atoms with Crippen LogP contribution in [-0.2, 0) is 4.74 Å². The van der Waals surface area contributed by atoms with Gasteiger partial charge in [0.05, 0.1) is 29.0 Å². The van der Waals surface area contributed by atoms with Crippen LogP contribution in [0.15, 0.2) is 18.3 Å². The third-order valence-corrected chi connectivity index (χ3v) is 3.21. The van der Waals surface area contributed by atoms with Gasteiger partial charge in [-0.25, -0.2) is 4.79 Å². The van der Waals surface area contributed by atoms with E-state index in [1.54, 1.807) is 6.92 Å². The van der Waals surface area contributed by atoms with E-state index in [-0.39, 0.29) is 22.6 Å². The molecule has 1 aromatic carbocycles. The van der Waals surface area contributed by atoms with E-state index >= 15 is 0 Å². The minimum absolute atomic E-state index is 0.0195. The molecule has 2 aromatic rings. The van der Waals surface area contributed by atoms with Crippen LogP contribution in [0.3, 0.4) is 0 Å². The number of methoxy groups -OCH3 is 1. The summed E-state index contributed by atoms with van der Waals surface area (Å²) in [5, 5.41) is 30.2. The van der Waals surface area contributed by atoms with E-state index in [0.29, 0.717) is 5.56 Å². The van der Waals surface area contributed by atoms with Crippen molar-refractivity contribution in [2.24, 2.45) is 0 Å². The topological polar surface area (TPSA) is 144 Å². The molecule has 0 amide bonds. The first-order valence-corrected chi connectivity index (χ1v) is 6.29. The minimum atomic E-state index is -0.840. The van der Waals surface area contributed by atoms with Crippen molar-refractivity contribution in [1.29, 1.82) is 5.26 Å². The highest BCUT2D eigenvalue weighted by Gasteiger charge is 2.26. The van der Waals surface area contributed by atoms with Gasteiger partial charge >= 0.3 is 11.7 Å². The number of anilines is 1. The first kappa shape index (κ1) is 15.8. The van der Waals surface area contributed by atoms with Crippen LogP contribution in [0.25, 0.3) is 5.69 Å². The predicted octanol–water partition coefficient (Wildman–Crippen LogP) is 1.64. The van der Waals surface area contributed by atoms with Crippen LogP contribution in [-0.4, -0.2) is 27.7 Å². The average Bonchev–Trinajstić information content (AvgIpc) is 2.84. The van der Waals surface area contributed by atoms with Crippen LogP contribution in [0.1, 0.15) is 21.6 Å². The maximum atomic E-state index is 11.9. The molecule has 9 heteroatoms. The number of aromatic hydroxyl groups is 1. The van der Waals surface area contributed by atoms with Crippen molar-refractivity contribution in [3.8, 4) is 17.5 Å². The van der Waals surface area contributed by atoms with Crippen molar-refractivity contribution < 1.29 is 19.6 Å². The Kier molecular flexibility index (Phi) is 3.92. The number of phenolic OH excluding ortho intramolecular Hbond substituents is 1. The molecule has 0 unspecified atom stereocenters. The number of carbonyl (C=O) groups excluding carboxylic acids is 1. The van der Waals surface area contributed by atoms with E-state index in [9.17, 15) is 20.0 Å². The van der Waals surface area contributed by atoms with Crippen molar-refractivity contribution >= 4 is 17.3 Å². The Morgan fingerprint density at radius 1 is 1.52 bits per heavy atom. The fourth-order valence-electron chi connectivity index (χ4n) is 2.17. The predicted molar refractivity (Wildman–Crippen MR) is 79.3 cm³/mol. The first-order valence-electron chi connectivity index (χ1n) is 6.29. The van der Waals surface area contributed by atoms with E-state index in [1.165, 1.54) is 18.3 Å². The highest BCUT2D eigenvalue weighted by Crippen LogP contribution is 2.36. The van der Waals surface area contributed by atoms with Crippen molar-refractivity contribution in [2.75, 3.05) is 12.8 Å². The smallest absolute Gasteiger partial charge is 0.357 e. The van der Waals surface area contributed by atoms with Gasteiger partial charge in [0.15, 0.2) is 5.69 Å². The number of esters is 1. The Labute approximate surface area is 130 Å². The molecule has 0 saturated carbocycles. The largest absolute Gasteiger partial charge is 0.501 e. The number of hydrogen-bond donors (Lipinski definition) is 2. The third kappa shape index (κ3) is 2.53. The Morgan fingerprint density at radius 2 is 2.17 bits per heavy atom. The summed E-state index contributed by atoms with van der Waals surface area (Å²) >= 11 is 0. The highest BCUT2D eigenvalue weighted by atomic mass is 16.6. The number of nitrogens with zero attached hydrogens (tertiary/aromatic N) is 3. The van der Waals surface area contributed by atoms with Crippen molar-refractivity contribution in [2.45, 2.75) is 6.92 Å². The molecule has 23 heavy (non-hydrogen) atoms. The first-order chi connectivity index (χ1) is 10.8. The lowest BCUT2D eigenvalue weighted by atomic mass is 10.1. The molecule has 1 heterocycles. The summed E-state index contributed by atoms with van der Waals surface area (Å²) in [4.78, 5) is 22.2. The van der Waals surface area contributed by atoms with Crippen LogP contribution in [0.4, 0.5) is 11.4 Å². The standard InChI is InChI=1S/C14H12N4O5/c1-7-3-9(13(19)10(4-7)18(21)22)17-6-8(5-15)11(16)12(17)14(20)23-2/h3-4,6,19H,16H2,1-2H3. The van der Waals surface area contributed by atoms with Gasteiger partial charge in [-0.15, -0.1) is 0 Å². The van der Waals surface area contributed by atoms with Gasteiger partial charge in [0.2, 0.25) is 5.75 Å². The van der Waals surface area contributed by atoms with E-state index in [2.05, 4.69) is 4.74 Å². The van der Waals surface area contributed by atoms with Gasteiger partial charge in [0.1, 0.15) is 6.07 Å². The summed E-state index contributed by atoms with van der Waals surface area (Å²) in [5.41, 5.74) is 5.30. The zero-order valence-corrected chi connectivity index (χ0v) is 12.2. The Bertz CT molecular complexity index is 863. The van der Waals surface area contributed by atoms with Gasteiger partial charge in [-0.1, -0.05) is 0 Å². The van der Waals surface area contributed by atoms with E-state index < -0.39 is 22.3 Å². The van der Waals surface area contributed by atoms with Gasteiger partial charge < -0.3 is 20.1 Å². The highest BCUT2D eigenvalue weighted by molar-refractivity contribution is 5.96. The van der Waals surface area contributed by atoms with Crippen molar-refractivity contribution in [3.63, 3.8) is 0 Å². The summed E-state index contributed by atoms with van der Waals surface area (Å²) in [5.74, 6) is -1.49. The number of nitro groups is 1. The Balaban J connectivity index is 2.85. The molecule has 0 fully saturated rings. The van der Waals surface area contributed by atoms with Crippen LogP contribution in [0.5, 0.6) is 5.75 Å². The van der Waals surface area contributed by atoms with Gasteiger partial charge in [-0.2, -0.15) is 5.26 Å². The van der Waals surface area contributed by atoms with Gasteiger partial charge in [-0.3, -0.25) is 10.1 Å². The molecule has 1 aromatic heterocycles. The number of nitriles is 1. The number of aryl methyl sites for hydroxylation is 1. The molecule has 0 spiro atoms. The minimum Gasteiger partial charge on any atom is -0.501 e. The normalized spacial score (nSPS) is 10.1. The fourth-order valence-corrected chi connectivity index (χ4v) is 2.17. The number of nitrogens with two attached hydrogens (primary N) is 1. The third-order valence-electron chi connectivity index (χ3n) is 3.21. The second kappa shape index (κ2) is 5.69. The van der Waals surface area contributed by atoms with E-state index in [4.69, 9.17) is 11.0 Å². The van der Waals surface area contributed by atoms with Crippen LogP contribution in [0, 0.1) is 28.4 Å². The summed E-state index contributed by atoms with van der Waals surface area (Å²) in [6.45, 7) is 1.59. The Hall–Kier alpha value is -3.54. The fraction of sp³-hybridized carbons (Fsp3) is 0.143. The number of phenols is 1. The number of benzene rings is 1. The maximum Gasteiger partial charge on any atom is 0.357 e. The van der Waals surface area contributed by atoms with E-state index in [1.807, 2.05) is 6.07 Å². The molecule has 0 aliphatic carbocycles. The zero-order valence-electron chi connectivity index (χ0n) is 12.2. The maximum absolute atomic E-state index is 11.9. The molecule has 0 saturated heterocycles. The molecule has 0 bridgehead atoms. The molecule has 0 aliphatic heterocycles. The second-order valence-corrected chi connectivity index (χ2v) is 4.69. The summed E-state index contributed by atoms with van der Waals surface area (Å²) < 4.78 is 5.73. The molecular weight excluding hydrogens is 304 g/mol. The van der Waals surface area contributed by atoms with Crippen LogP contribution < -0.4 is 5.73 Å². The quantitative estimate of drug-likeness (QED) is 0.497. The molecule has 0 atom stereocenters. The zero-order chi connectivity index (χ0) is 17.3. The van der Waals surface area contributed by atoms with Gasteiger partial charge in [-0.05, 0) is 18.6 Å². The van der Waals surface area contributed by atoms with Crippen LogP contribution in [0.2, 0.25) is 0 Å². The lowest BCUT2D eigenvalue weighted by molar-refractivity contribution is -0.385. The van der Waals surface area contributed by atoms with E-state index in [0.717, 1.165) is 11.7 Å². The number of rotatable bonds is 3. The molecule has 0 radical (unpaired) electrons. The van der Waals surface area contributed by atoms with Crippen LogP contribution >= 0.6 is 0 Å². The SMILES string of the molecule is COC(=O)c1c(N)c(C#N)cn1-c1cc(C)cc([N+](=O)[O-])c1O. The Morgan fingerprint density at radius 3 is 2.70 bits per heavy atom. The summed E-state index contributed by atoms with van der Waals surface area (Å²) in [6.07, 6.45) is 1.21. The number of aromatic nitrogens is 1. The van der Waals surface area contributed by atoms with Gasteiger partial charge in [0, 0.05) is 12.3 Å². The van der Waals surface area contributed by atoms with Crippen molar-refractivity contribution in [3.05, 3.63) is 45.3 Å². The second-order valence-electron chi connectivity index (χ2n) is 4.69. The number of ether oxygens (including phenoxy) is 1. The molecule has 118 valence electrons. The molecule has 9 nitrogen and oxygen atoms in total. The number of carbonyl (C=O) groups is 1. The molecular formula is C14H12N4O5. The molecule has 2 rings (SSSR count). The lowest BCUT2D eigenvalue weighted by Crippen LogP contribution is -2.11. The molecule has 3 N–H and O–H groups in total. The summed E-state index contributed by atoms with van der Waals surface area (Å²) in [7, 11) is 1.13. The average molecular weight is 316 g/mol. The number of nitro benzene ring substituents is 1.